The van der Waals surface area contributed by atoms with E-state index >= 15 is 0 Å². The summed E-state index contributed by atoms with van der Waals surface area (Å²) in [4.78, 5) is 2.20. The van der Waals surface area contributed by atoms with Crippen LogP contribution in [-0.4, -0.2) is 36.6 Å². The van der Waals surface area contributed by atoms with Crippen molar-refractivity contribution in [3.05, 3.63) is 12.3 Å². The van der Waals surface area contributed by atoms with Gasteiger partial charge < -0.3 is 4.74 Å². The molecule has 0 aromatic heterocycles. The Kier molecular flexibility index (Phi) is 1.88. The Hall–Kier alpha value is -0.640. The molecule has 4 heteroatoms. The summed E-state index contributed by atoms with van der Waals surface area (Å²) in [6.45, 7) is 5.91. The van der Waals surface area contributed by atoms with E-state index in [1.165, 1.54) is 0 Å². The lowest BCUT2D eigenvalue weighted by molar-refractivity contribution is 0.0794. The lowest BCUT2D eigenvalue weighted by Crippen LogP contribution is -2.42. The fourth-order valence-corrected chi connectivity index (χ4v) is 3.54. The molecular weight excluding hydrogens is 200 g/mol. The lowest BCUT2D eigenvalue weighted by atomic mass is 9.83. The van der Waals surface area contributed by atoms with Crippen LogP contribution in [0.2, 0.25) is 0 Å². The maximum Gasteiger partial charge on any atom is 0.242 e. The minimum absolute atomic E-state index is 0.127. The Morgan fingerprint density at radius 1 is 1.53 bits per heavy atom. The molecule has 0 aromatic rings. The smallest absolute Gasteiger partial charge is 0.242 e. The molecule has 0 bridgehead atoms. The number of nitrogens with zero attached hydrogens (tertiary/aromatic N) is 1. The lowest BCUT2D eigenvalue weighted by Gasteiger charge is -2.28. The highest BCUT2D eigenvalue weighted by atomic mass is 19.3. The van der Waals surface area contributed by atoms with E-state index in [1.807, 2.05) is 0 Å². The molecular formula is C11H15F2NO. The number of hydrogen-bond donors (Lipinski definition) is 0. The summed E-state index contributed by atoms with van der Waals surface area (Å²) in [5, 5.41) is 0. The van der Waals surface area contributed by atoms with Crippen LogP contribution in [0.5, 0.6) is 0 Å². The van der Waals surface area contributed by atoms with Gasteiger partial charge in [-0.1, -0.05) is 6.58 Å². The zero-order chi connectivity index (χ0) is 10.6. The van der Waals surface area contributed by atoms with Gasteiger partial charge in [0.25, 0.3) is 0 Å². The average molecular weight is 215 g/mol. The SMILES string of the molecule is C=C1OC[C@]23C[C@@H](C(F)F)CN2CCC13. The van der Waals surface area contributed by atoms with Crippen molar-refractivity contribution in [1.29, 1.82) is 0 Å². The molecule has 0 radical (unpaired) electrons. The van der Waals surface area contributed by atoms with E-state index in [9.17, 15) is 8.78 Å². The van der Waals surface area contributed by atoms with Crippen LogP contribution in [-0.2, 0) is 4.74 Å². The first-order valence-corrected chi connectivity index (χ1v) is 5.48. The highest BCUT2D eigenvalue weighted by molar-refractivity contribution is 5.20. The quantitative estimate of drug-likeness (QED) is 0.662. The van der Waals surface area contributed by atoms with Crippen molar-refractivity contribution >= 4 is 0 Å². The summed E-state index contributed by atoms with van der Waals surface area (Å²) in [7, 11) is 0. The molecule has 0 aliphatic carbocycles. The summed E-state index contributed by atoms with van der Waals surface area (Å²) in [6.07, 6.45) is -0.595. The molecule has 2 nitrogen and oxygen atoms in total. The first kappa shape index (κ1) is 9.58. The van der Waals surface area contributed by atoms with Crippen molar-refractivity contribution in [2.24, 2.45) is 11.8 Å². The molecule has 3 rings (SSSR count). The van der Waals surface area contributed by atoms with Gasteiger partial charge in [-0.2, -0.15) is 0 Å². The molecule has 84 valence electrons. The highest BCUT2D eigenvalue weighted by Crippen LogP contribution is 2.53. The third kappa shape index (κ3) is 1.11. The van der Waals surface area contributed by atoms with Gasteiger partial charge in [0.15, 0.2) is 0 Å². The van der Waals surface area contributed by atoms with Crippen molar-refractivity contribution in [2.45, 2.75) is 24.8 Å². The fourth-order valence-electron chi connectivity index (χ4n) is 3.54. The van der Waals surface area contributed by atoms with Crippen LogP contribution in [0.1, 0.15) is 12.8 Å². The van der Waals surface area contributed by atoms with E-state index in [2.05, 4.69) is 11.5 Å². The molecule has 3 aliphatic heterocycles. The van der Waals surface area contributed by atoms with Crippen molar-refractivity contribution < 1.29 is 13.5 Å². The molecule has 0 aromatic carbocycles. The zero-order valence-electron chi connectivity index (χ0n) is 8.59. The first-order valence-electron chi connectivity index (χ1n) is 5.48. The van der Waals surface area contributed by atoms with Crippen LogP contribution in [0, 0.1) is 11.8 Å². The van der Waals surface area contributed by atoms with Crippen molar-refractivity contribution in [2.75, 3.05) is 19.7 Å². The van der Waals surface area contributed by atoms with Gasteiger partial charge >= 0.3 is 0 Å². The van der Waals surface area contributed by atoms with Gasteiger partial charge in [0.2, 0.25) is 6.43 Å². The van der Waals surface area contributed by atoms with Gasteiger partial charge in [-0.15, -0.1) is 0 Å². The van der Waals surface area contributed by atoms with Gasteiger partial charge in [-0.05, 0) is 19.4 Å². The minimum Gasteiger partial charge on any atom is -0.496 e. The summed E-state index contributed by atoms with van der Waals surface area (Å²) < 4.78 is 30.9. The predicted molar refractivity (Wildman–Crippen MR) is 51.6 cm³/mol. The number of halogens is 2. The second kappa shape index (κ2) is 2.94. The molecule has 1 unspecified atom stereocenters. The van der Waals surface area contributed by atoms with Crippen LogP contribution in [0.3, 0.4) is 0 Å². The topological polar surface area (TPSA) is 12.5 Å². The summed E-state index contributed by atoms with van der Waals surface area (Å²) >= 11 is 0. The Labute approximate surface area is 87.9 Å². The molecule has 3 atom stereocenters. The third-order valence-corrected chi connectivity index (χ3v) is 4.29. The normalized spacial score (nSPS) is 44.6. The monoisotopic (exact) mass is 215 g/mol. The number of hydrogen-bond acceptors (Lipinski definition) is 2. The molecule has 3 aliphatic rings. The predicted octanol–water partition coefficient (Wildman–Crippen LogP) is 1.88. The van der Waals surface area contributed by atoms with E-state index in [-0.39, 0.29) is 5.54 Å². The molecule has 1 spiro atoms. The largest absolute Gasteiger partial charge is 0.496 e. The highest BCUT2D eigenvalue weighted by Gasteiger charge is 2.60. The second-order valence-corrected chi connectivity index (χ2v) is 4.94. The molecule has 0 amide bonds. The van der Waals surface area contributed by atoms with Gasteiger partial charge in [0.05, 0.1) is 11.3 Å². The summed E-state index contributed by atoms with van der Waals surface area (Å²) in [5.41, 5.74) is -0.127. The number of ether oxygens (including phenoxy) is 1. The summed E-state index contributed by atoms with van der Waals surface area (Å²) in [6, 6.07) is 0. The van der Waals surface area contributed by atoms with Crippen molar-refractivity contribution in [1.82, 2.24) is 4.90 Å². The molecule has 3 fully saturated rings. The molecule has 3 heterocycles. The van der Waals surface area contributed by atoms with Gasteiger partial charge in [0.1, 0.15) is 6.61 Å². The Balaban J connectivity index is 1.88. The first-order chi connectivity index (χ1) is 7.13. The Morgan fingerprint density at radius 3 is 3.07 bits per heavy atom. The van der Waals surface area contributed by atoms with E-state index in [0.29, 0.717) is 25.5 Å². The van der Waals surface area contributed by atoms with E-state index in [4.69, 9.17) is 4.74 Å². The standard InChI is InChI=1S/C11H15F2NO/c1-7-9-2-3-14-5-8(10(12)13)4-11(9,14)6-15-7/h8-10H,1-6H2/t8-,9?,11+/m1/s1. The van der Waals surface area contributed by atoms with Gasteiger partial charge in [0, 0.05) is 18.4 Å². The van der Waals surface area contributed by atoms with Gasteiger partial charge in [-0.3, -0.25) is 4.90 Å². The van der Waals surface area contributed by atoms with Crippen molar-refractivity contribution in [3.8, 4) is 0 Å². The average Bonchev–Trinajstić information content (AvgIpc) is 2.75. The van der Waals surface area contributed by atoms with E-state index < -0.39 is 12.3 Å². The molecule has 0 saturated carbocycles. The van der Waals surface area contributed by atoms with E-state index in [1.54, 1.807) is 0 Å². The maximum absolute atomic E-state index is 12.7. The fraction of sp³-hybridized carbons (Fsp3) is 0.818. The molecule has 0 N–H and O–H groups in total. The maximum atomic E-state index is 12.7. The zero-order valence-corrected chi connectivity index (χ0v) is 8.59. The number of alkyl halides is 2. The Morgan fingerprint density at radius 2 is 2.33 bits per heavy atom. The van der Waals surface area contributed by atoms with Crippen molar-refractivity contribution in [3.63, 3.8) is 0 Å². The number of rotatable bonds is 1. The molecule has 3 saturated heterocycles. The van der Waals surface area contributed by atoms with Crippen LogP contribution in [0.25, 0.3) is 0 Å². The van der Waals surface area contributed by atoms with Crippen LogP contribution < -0.4 is 0 Å². The second-order valence-electron chi connectivity index (χ2n) is 4.94. The minimum atomic E-state index is -2.19. The summed E-state index contributed by atoms with van der Waals surface area (Å²) in [5.74, 6) is 0.635. The van der Waals surface area contributed by atoms with Crippen LogP contribution in [0.15, 0.2) is 12.3 Å². The third-order valence-electron chi connectivity index (χ3n) is 4.29. The van der Waals surface area contributed by atoms with E-state index in [0.717, 1.165) is 18.7 Å². The Bertz CT molecular complexity index is 307. The molecule has 15 heavy (non-hydrogen) atoms. The van der Waals surface area contributed by atoms with Crippen LogP contribution >= 0.6 is 0 Å². The van der Waals surface area contributed by atoms with Gasteiger partial charge in [-0.25, -0.2) is 8.78 Å². The van der Waals surface area contributed by atoms with Crippen LogP contribution in [0.4, 0.5) is 8.78 Å².